The summed E-state index contributed by atoms with van der Waals surface area (Å²) >= 11 is 0. The quantitative estimate of drug-likeness (QED) is 0.826. The van der Waals surface area contributed by atoms with Crippen LogP contribution < -0.4 is 5.32 Å². The Kier molecular flexibility index (Phi) is 3.02. The van der Waals surface area contributed by atoms with Gasteiger partial charge in [0.15, 0.2) is 0 Å². The highest BCUT2D eigenvalue weighted by molar-refractivity contribution is 5.02. The Labute approximate surface area is 97.5 Å². The Balaban J connectivity index is 1.87. The van der Waals surface area contributed by atoms with Crippen LogP contribution >= 0.6 is 0 Å². The van der Waals surface area contributed by atoms with E-state index in [0.717, 1.165) is 18.9 Å². The van der Waals surface area contributed by atoms with Crippen LogP contribution in [0.5, 0.6) is 0 Å². The van der Waals surface area contributed by atoms with Crippen LogP contribution in [0.4, 0.5) is 0 Å². The zero-order chi connectivity index (χ0) is 11.8. The van der Waals surface area contributed by atoms with Crippen LogP contribution in [0, 0.1) is 11.3 Å². The highest BCUT2D eigenvalue weighted by Gasteiger charge is 2.45. The van der Waals surface area contributed by atoms with Crippen molar-refractivity contribution in [2.24, 2.45) is 11.3 Å². The molecule has 0 aliphatic heterocycles. The van der Waals surface area contributed by atoms with Crippen LogP contribution in [0.25, 0.3) is 0 Å². The number of nitrogens with zero attached hydrogens (tertiary/aromatic N) is 3. The van der Waals surface area contributed by atoms with Crippen molar-refractivity contribution in [3.05, 3.63) is 12.2 Å². The maximum atomic E-state index is 4.31. The van der Waals surface area contributed by atoms with Gasteiger partial charge < -0.3 is 5.32 Å². The molecule has 0 radical (unpaired) electrons. The molecule has 2 rings (SSSR count). The molecule has 1 saturated carbocycles. The Hall–Kier alpha value is -0.900. The molecule has 0 aromatic carbocycles. The molecule has 1 fully saturated rings. The van der Waals surface area contributed by atoms with Crippen LogP contribution in [0.1, 0.15) is 39.9 Å². The number of hydrogen-bond acceptors (Lipinski definition) is 3. The zero-order valence-corrected chi connectivity index (χ0v) is 10.7. The average Bonchev–Trinajstić information content (AvgIpc) is 2.57. The van der Waals surface area contributed by atoms with E-state index in [-0.39, 0.29) is 0 Å². The first kappa shape index (κ1) is 11.6. The number of rotatable bonds is 5. The molecule has 1 aromatic heterocycles. The monoisotopic (exact) mass is 222 g/mol. The second kappa shape index (κ2) is 4.17. The van der Waals surface area contributed by atoms with Gasteiger partial charge in [0.2, 0.25) is 0 Å². The van der Waals surface area contributed by atoms with Crippen molar-refractivity contribution in [2.75, 3.05) is 0 Å². The van der Waals surface area contributed by atoms with Crippen LogP contribution in [-0.4, -0.2) is 20.8 Å². The normalized spacial score (nSPS) is 22.7. The standard InChI is InChI=1S/C12H22N4/c1-9(2)7-16-11(14-8-15-16)6-13-10-5-12(10,3)4/h8-10,13H,5-7H2,1-4H3. The lowest BCUT2D eigenvalue weighted by Gasteiger charge is -2.10. The lowest BCUT2D eigenvalue weighted by molar-refractivity contribution is 0.450. The Bertz CT molecular complexity index is 354. The molecule has 1 aliphatic carbocycles. The van der Waals surface area contributed by atoms with Crippen molar-refractivity contribution >= 4 is 0 Å². The van der Waals surface area contributed by atoms with E-state index < -0.39 is 0 Å². The van der Waals surface area contributed by atoms with Crippen molar-refractivity contribution in [1.82, 2.24) is 20.1 Å². The minimum atomic E-state index is 0.475. The highest BCUT2D eigenvalue weighted by Crippen LogP contribution is 2.44. The van der Waals surface area contributed by atoms with Crippen LogP contribution in [-0.2, 0) is 13.1 Å². The van der Waals surface area contributed by atoms with Crippen molar-refractivity contribution < 1.29 is 0 Å². The topological polar surface area (TPSA) is 42.7 Å². The molecule has 0 spiro atoms. The average molecular weight is 222 g/mol. The zero-order valence-electron chi connectivity index (χ0n) is 10.7. The molecule has 1 unspecified atom stereocenters. The van der Waals surface area contributed by atoms with Crippen LogP contribution in [0.2, 0.25) is 0 Å². The minimum absolute atomic E-state index is 0.475. The molecule has 1 aliphatic rings. The van der Waals surface area contributed by atoms with E-state index in [2.05, 4.69) is 43.1 Å². The first-order valence-corrected chi connectivity index (χ1v) is 6.09. The molecule has 90 valence electrons. The summed E-state index contributed by atoms with van der Waals surface area (Å²) in [5.74, 6) is 1.66. The van der Waals surface area contributed by atoms with Crippen LogP contribution in [0.3, 0.4) is 0 Å². The smallest absolute Gasteiger partial charge is 0.140 e. The molecular formula is C12H22N4. The van der Waals surface area contributed by atoms with E-state index in [4.69, 9.17) is 0 Å². The third-order valence-electron chi connectivity index (χ3n) is 3.25. The first-order valence-electron chi connectivity index (χ1n) is 6.09. The Morgan fingerprint density at radius 3 is 2.81 bits per heavy atom. The second-order valence-corrected chi connectivity index (χ2v) is 5.88. The van der Waals surface area contributed by atoms with Gasteiger partial charge in [0.1, 0.15) is 12.2 Å². The SMILES string of the molecule is CC(C)Cn1ncnc1CNC1CC1(C)C. The first-order chi connectivity index (χ1) is 7.49. The summed E-state index contributed by atoms with van der Waals surface area (Å²) < 4.78 is 2.01. The van der Waals surface area contributed by atoms with Crippen LogP contribution in [0.15, 0.2) is 6.33 Å². The lowest BCUT2D eigenvalue weighted by atomic mass is 10.2. The fourth-order valence-electron chi connectivity index (χ4n) is 1.95. The van der Waals surface area contributed by atoms with Gasteiger partial charge in [0.25, 0.3) is 0 Å². The van der Waals surface area contributed by atoms with E-state index in [1.54, 1.807) is 6.33 Å². The fraction of sp³-hybridized carbons (Fsp3) is 0.833. The van der Waals surface area contributed by atoms with E-state index in [0.29, 0.717) is 17.4 Å². The summed E-state index contributed by atoms with van der Waals surface area (Å²) in [6, 6.07) is 0.650. The number of nitrogens with one attached hydrogen (secondary N) is 1. The summed E-state index contributed by atoms with van der Waals surface area (Å²) in [5, 5.41) is 7.80. The number of hydrogen-bond donors (Lipinski definition) is 1. The molecule has 0 saturated heterocycles. The van der Waals surface area contributed by atoms with E-state index in [1.165, 1.54) is 6.42 Å². The molecule has 4 heteroatoms. The van der Waals surface area contributed by atoms with Gasteiger partial charge in [-0.3, -0.25) is 0 Å². The third kappa shape index (κ3) is 2.61. The van der Waals surface area contributed by atoms with Gasteiger partial charge in [0, 0.05) is 12.6 Å². The maximum absolute atomic E-state index is 4.31. The molecule has 0 amide bonds. The van der Waals surface area contributed by atoms with Gasteiger partial charge in [-0.25, -0.2) is 9.67 Å². The largest absolute Gasteiger partial charge is 0.306 e. The number of aromatic nitrogens is 3. The molecular weight excluding hydrogens is 200 g/mol. The van der Waals surface area contributed by atoms with Crippen molar-refractivity contribution in [2.45, 2.75) is 53.2 Å². The fourth-order valence-corrected chi connectivity index (χ4v) is 1.95. The Morgan fingerprint density at radius 2 is 2.25 bits per heavy atom. The van der Waals surface area contributed by atoms with Crippen molar-refractivity contribution in [1.29, 1.82) is 0 Å². The summed E-state index contributed by atoms with van der Waals surface area (Å²) in [7, 11) is 0. The molecule has 1 heterocycles. The molecule has 0 bridgehead atoms. The predicted molar refractivity (Wildman–Crippen MR) is 63.9 cm³/mol. The molecule has 16 heavy (non-hydrogen) atoms. The minimum Gasteiger partial charge on any atom is -0.306 e. The van der Waals surface area contributed by atoms with Gasteiger partial charge in [-0.15, -0.1) is 0 Å². The van der Waals surface area contributed by atoms with Gasteiger partial charge in [-0.1, -0.05) is 27.7 Å². The maximum Gasteiger partial charge on any atom is 0.140 e. The lowest BCUT2D eigenvalue weighted by Crippen LogP contribution is -2.23. The second-order valence-electron chi connectivity index (χ2n) is 5.88. The molecule has 4 nitrogen and oxygen atoms in total. The van der Waals surface area contributed by atoms with Gasteiger partial charge in [-0.2, -0.15) is 5.10 Å². The Morgan fingerprint density at radius 1 is 1.56 bits per heavy atom. The van der Waals surface area contributed by atoms with E-state index in [9.17, 15) is 0 Å². The highest BCUT2D eigenvalue weighted by atomic mass is 15.3. The van der Waals surface area contributed by atoms with E-state index >= 15 is 0 Å². The molecule has 1 atom stereocenters. The predicted octanol–water partition coefficient (Wildman–Crippen LogP) is 1.82. The third-order valence-corrected chi connectivity index (χ3v) is 3.25. The van der Waals surface area contributed by atoms with Gasteiger partial charge >= 0.3 is 0 Å². The molecule has 1 aromatic rings. The summed E-state index contributed by atoms with van der Waals surface area (Å²) in [6.45, 7) is 10.8. The van der Waals surface area contributed by atoms with Crippen molar-refractivity contribution in [3.63, 3.8) is 0 Å². The van der Waals surface area contributed by atoms with E-state index in [1.807, 2.05) is 4.68 Å². The molecule has 1 N–H and O–H groups in total. The summed E-state index contributed by atoms with van der Waals surface area (Å²) in [4.78, 5) is 4.31. The van der Waals surface area contributed by atoms with Crippen molar-refractivity contribution in [3.8, 4) is 0 Å². The summed E-state index contributed by atoms with van der Waals surface area (Å²) in [6.07, 6.45) is 2.92. The van der Waals surface area contributed by atoms with Gasteiger partial charge in [-0.05, 0) is 17.8 Å². The van der Waals surface area contributed by atoms with Gasteiger partial charge in [0.05, 0.1) is 6.54 Å². The summed E-state index contributed by atoms with van der Waals surface area (Å²) in [5.41, 5.74) is 0.475.